The maximum absolute atomic E-state index is 11.6. The Labute approximate surface area is 105 Å². The molecule has 98 valence electrons. The monoisotopic (exact) mass is 238 g/mol. The molecule has 0 atom stereocenters. The molecule has 1 saturated carbocycles. The van der Waals surface area contributed by atoms with Crippen LogP contribution in [-0.2, 0) is 4.79 Å². The van der Waals surface area contributed by atoms with Gasteiger partial charge in [-0.15, -0.1) is 0 Å². The summed E-state index contributed by atoms with van der Waals surface area (Å²) in [6, 6.07) is 0. The quantitative estimate of drug-likeness (QED) is 0.744. The van der Waals surface area contributed by atoms with Crippen LogP contribution in [0.1, 0.15) is 51.4 Å². The summed E-state index contributed by atoms with van der Waals surface area (Å²) in [7, 11) is 0. The maximum Gasteiger partial charge on any atom is 0.220 e. The minimum Gasteiger partial charge on any atom is -0.356 e. The van der Waals surface area contributed by atoms with E-state index in [1.165, 1.54) is 38.5 Å². The third kappa shape index (κ3) is 4.66. The molecule has 1 aliphatic heterocycles. The molecule has 1 aliphatic carbocycles. The van der Waals surface area contributed by atoms with Crippen molar-refractivity contribution in [2.45, 2.75) is 51.4 Å². The van der Waals surface area contributed by atoms with E-state index in [4.69, 9.17) is 0 Å². The van der Waals surface area contributed by atoms with Gasteiger partial charge in [-0.05, 0) is 50.6 Å². The highest BCUT2D eigenvalue weighted by atomic mass is 16.1. The van der Waals surface area contributed by atoms with E-state index < -0.39 is 0 Å². The summed E-state index contributed by atoms with van der Waals surface area (Å²) >= 11 is 0. The minimum absolute atomic E-state index is 0.267. The Morgan fingerprint density at radius 1 is 1.06 bits per heavy atom. The van der Waals surface area contributed by atoms with Crippen molar-refractivity contribution in [2.75, 3.05) is 19.6 Å². The zero-order valence-corrected chi connectivity index (χ0v) is 10.8. The molecular weight excluding hydrogens is 212 g/mol. The standard InChI is InChI=1S/C14H26N2O/c17-14(16-11-8-12-2-1-3-12)5-4-13-6-9-15-10-7-13/h12-13,15H,1-11H2,(H,16,17). The van der Waals surface area contributed by atoms with Crippen LogP contribution in [0.3, 0.4) is 0 Å². The van der Waals surface area contributed by atoms with Crippen molar-refractivity contribution < 1.29 is 4.79 Å². The molecule has 1 amide bonds. The van der Waals surface area contributed by atoms with E-state index in [1.54, 1.807) is 0 Å². The number of rotatable bonds is 6. The van der Waals surface area contributed by atoms with Crippen molar-refractivity contribution in [1.29, 1.82) is 0 Å². The van der Waals surface area contributed by atoms with Crippen LogP contribution in [0.5, 0.6) is 0 Å². The molecule has 0 aromatic rings. The van der Waals surface area contributed by atoms with Gasteiger partial charge in [-0.25, -0.2) is 0 Å². The fourth-order valence-corrected chi connectivity index (χ4v) is 2.79. The van der Waals surface area contributed by atoms with Crippen molar-refractivity contribution in [3.8, 4) is 0 Å². The Morgan fingerprint density at radius 3 is 2.41 bits per heavy atom. The first kappa shape index (κ1) is 12.9. The molecule has 3 nitrogen and oxygen atoms in total. The van der Waals surface area contributed by atoms with E-state index in [0.29, 0.717) is 0 Å². The molecule has 0 aromatic carbocycles. The Hall–Kier alpha value is -0.570. The smallest absolute Gasteiger partial charge is 0.220 e. The van der Waals surface area contributed by atoms with Gasteiger partial charge in [-0.3, -0.25) is 4.79 Å². The Balaban J connectivity index is 1.47. The van der Waals surface area contributed by atoms with Crippen LogP contribution in [0.2, 0.25) is 0 Å². The van der Waals surface area contributed by atoms with Gasteiger partial charge < -0.3 is 10.6 Å². The third-order valence-electron chi connectivity index (χ3n) is 4.34. The number of hydrogen-bond donors (Lipinski definition) is 2. The molecule has 0 unspecified atom stereocenters. The molecular formula is C14H26N2O. The second-order valence-corrected chi connectivity index (χ2v) is 5.67. The zero-order chi connectivity index (χ0) is 11.9. The normalized spacial score (nSPS) is 22.1. The first-order chi connectivity index (χ1) is 8.34. The summed E-state index contributed by atoms with van der Waals surface area (Å²) < 4.78 is 0. The highest BCUT2D eigenvalue weighted by Gasteiger charge is 2.17. The van der Waals surface area contributed by atoms with E-state index in [0.717, 1.165) is 44.3 Å². The SMILES string of the molecule is O=C(CCC1CCNCC1)NCCC1CCC1. The lowest BCUT2D eigenvalue weighted by Crippen LogP contribution is -2.30. The lowest BCUT2D eigenvalue weighted by atomic mass is 9.83. The Bertz CT molecular complexity index is 232. The van der Waals surface area contributed by atoms with Gasteiger partial charge in [-0.2, -0.15) is 0 Å². The van der Waals surface area contributed by atoms with Crippen molar-refractivity contribution >= 4 is 5.91 Å². The molecule has 0 aromatic heterocycles. The van der Waals surface area contributed by atoms with Crippen LogP contribution in [0.25, 0.3) is 0 Å². The number of carbonyl (C=O) groups excluding carboxylic acids is 1. The molecule has 17 heavy (non-hydrogen) atoms. The molecule has 0 spiro atoms. The zero-order valence-electron chi connectivity index (χ0n) is 10.8. The second-order valence-electron chi connectivity index (χ2n) is 5.67. The first-order valence-electron chi connectivity index (χ1n) is 7.32. The van der Waals surface area contributed by atoms with Crippen LogP contribution in [0, 0.1) is 11.8 Å². The molecule has 2 N–H and O–H groups in total. The lowest BCUT2D eigenvalue weighted by Gasteiger charge is -2.25. The average Bonchev–Trinajstić information content (AvgIpc) is 2.31. The summed E-state index contributed by atoms with van der Waals surface area (Å²) in [5.74, 6) is 1.94. The predicted octanol–water partition coefficient (Wildman–Crippen LogP) is 2.07. The summed E-state index contributed by atoms with van der Waals surface area (Å²) in [6.07, 6.45) is 9.65. The van der Waals surface area contributed by atoms with Crippen LogP contribution in [-0.4, -0.2) is 25.5 Å². The molecule has 3 heteroatoms. The molecule has 2 fully saturated rings. The second kappa shape index (κ2) is 7.00. The molecule has 1 saturated heterocycles. The molecule has 2 rings (SSSR count). The topological polar surface area (TPSA) is 41.1 Å². The van der Waals surface area contributed by atoms with Gasteiger partial charge in [0.1, 0.15) is 0 Å². The number of piperidine rings is 1. The highest BCUT2D eigenvalue weighted by molar-refractivity contribution is 5.75. The number of amides is 1. The number of carbonyl (C=O) groups is 1. The Kier molecular flexibility index (Phi) is 5.30. The summed E-state index contributed by atoms with van der Waals surface area (Å²) in [4.78, 5) is 11.6. The fourth-order valence-electron chi connectivity index (χ4n) is 2.79. The third-order valence-corrected chi connectivity index (χ3v) is 4.34. The van der Waals surface area contributed by atoms with Gasteiger partial charge in [0, 0.05) is 13.0 Å². The van der Waals surface area contributed by atoms with Gasteiger partial charge in [0.25, 0.3) is 0 Å². The maximum atomic E-state index is 11.6. The van der Waals surface area contributed by atoms with Crippen LogP contribution < -0.4 is 10.6 Å². The summed E-state index contributed by atoms with van der Waals surface area (Å²) in [5.41, 5.74) is 0. The van der Waals surface area contributed by atoms with Crippen molar-refractivity contribution in [3.63, 3.8) is 0 Å². The Morgan fingerprint density at radius 2 is 1.76 bits per heavy atom. The van der Waals surface area contributed by atoms with E-state index in [2.05, 4.69) is 10.6 Å². The summed E-state index contributed by atoms with van der Waals surface area (Å²) in [5, 5.41) is 6.43. The number of hydrogen-bond acceptors (Lipinski definition) is 2. The van der Waals surface area contributed by atoms with Gasteiger partial charge in [-0.1, -0.05) is 19.3 Å². The van der Waals surface area contributed by atoms with E-state index in [-0.39, 0.29) is 5.91 Å². The summed E-state index contributed by atoms with van der Waals surface area (Å²) in [6.45, 7) is 3.16. The molecule has 1 heterocycles. The lowest BCUT2D eigenvalue weighted by molar-refractivity contribution is -0.121. The van der Waals surface area contributed by atoms with Crippen LogP contribution >= 0.6 is 0 Å². The van der Waals surface area contributed by atoms with Gasteiger partial charge in [0.15, 0.2) is 0 Å². The van der Waals surface area contributed by atoms with Crippen molar-refractivity contribution in [2.24, 2.45) is 11.8 Å². The fraction of sp³-hybridized carbons (Fsp3) is 0.929. The van der Waals surface area contributed by atoms with Crippen molar-refractivity contribution in [3.05, 3.63) is 0 Å². The van der Waals surface area contributed by atoms with E-state index in [9.17, 15) is 4.79 Å². The van der Waals surface area contributed by atoms with E-state index in [1.807, 2.05) is 0 Å². The first-order valence-corrected chi connectivity index (χ1v) is 7.32. The predicted molar refractivity (Wildman–Crippen MR) is 69.8 cm³/mol. The van der Waals surface area contributed by atoms with Crippen LogP contribution in [0.4, 0.5) is 0 Å². The molecule has 0 radical (unpaired) electrons. The molecule has 0 bridgehead atoms. The highest BCUT2D eigenvalue weighted by Crippen LogP contribution is 2.28. The molecule has 2 aliphatic rings. The van der Waals surface area contributed by atoms with E-state index >= 15 is 0 Å². The van der Waals surface area contributed by atoms with Crippen molar-refractivity contribution in [1.82, 2.24) is 10.6 Å². The largest absolute Gasteiger partial charge is 0.356 e. The number of nitrogens with one attached hydrogen (secondary N) is 2. The minimum atomic E-state index is 0.267. The van der Waals surface area contributed by atoms with Crippen LogP contribution in [0.15, 0.2) is 0 Å². The van der Waals surface area contributed by atoms with Gasteiger partial charge >= 0.3 is 0 Å². The van der Waals surface area contributed by atoms with Gasteiger partial charge in [0.05, 0.1) is 0 Å². The van der Waals surface area contributed by atoms with Gasteiger partial charge in [0.2, 0.25) is 5.91 Å². The average molecular weight is 238 g/mol.